The van der Waals surface area contributed by atoms with Gasteiger partial charge in [-0.1, -0.05) is 66.7 Å². The number of aliphatic carboxylic acids is 2. The molecule has 0 bridgehead atoms. The van der Waals surface area contributed by atoms with E-state index in [9.17, 15) is 37.2 Å². The number of ether oxygens (including phenoxy) is 1. The molecule has 0 aliphatic rings. The lowest BCUT2D eigenvalue weighted by Gasteiger charge is -2.20. The van der Waals surface area contributed by atoms with Gasteiger partial charge < -0.3 is 38.9 Å². The van der Waals surface area contributed by atoms with Gasteiger partial charge in [0.2, 0.25) is 10.0 Å². The van der Waals surface area contributed by atoms with E-state index in [1.54, 1.807) is 0 Å². The maximum absolute atomic E-state index is 11.9. The number of carboxylic acids is 2. The summed E-state index contributed by atoms with van der Waals surface area (Å²) in [6, 6.07) is 26.5. The van der Waals surface area contributed by atoms with Crippen LogP contribution >= 0.6 is 0 Å². The number of hydrogen-bond donors (Lipinski definition) is 4. The fourth-order valence-electron chi connectivity index (χ4n) is 7.48. The highest BCUT2D eigenvalue weighted by Gasteiger charge is 2.18. The van der Waals surface area contributed by atoms with Crippen molar-refractivity contribution in [1.82, 2.24) is 56.9 Å². The number of rotatable bonds is 16. The molecule has 0 radical (unpaired) electrons. The first-order chi connectivity index (χ1) is 34.5. The standard InChI is InChI=1S/C17H21NO.C14H21N3O2S.2C9H10N4O4/c1-18(2)13-14-19-17(15-9-5-3-6-10-15)16-11-7-4-8-12-16;1-15-20(18,19)10-11-4-5-14-13(8-11)12(9-16-14)6-7-17(2)3;2*1-11-7-6(8(16)12(2)9(11)17)13(4-10-7)3-5(14)15/h3-12,17H,13-14H2,1-2H3;4-5,8-9,15-16H,6-7,10H2,1-3H3;2*4H,3H2,1-2H3,(H,14,15). The number of aromatic nitrogens is 9. The number of nitrogens with one attached hydrogen (secondary N) is 2. The summed E-state index contributed by atoms with van der Waals surface area (Å²) in [5.74, 6) is -2.15. The third-order valence-corrected chi connectivity index (χ3v) is 12.7. The second-order valence-electron chi connectivity index (χ2n) is 17.4. The van der Waals surface area contributed by atoms with Crippen molar-refractivity contribution in [1.29, 1.82) is 0 Å². The molecular formula is C49H62N12O11S. The lowest BCUT2D eigenvalue weighted by atomic mass is 10.0. The number of carboxylic acid groups (broad SMARTS) is 2. The summed E-state index contributed by atoms with van der Waals surface area (Å²) in [5.41, 5.74) is 3.95. The number of aromatic amines is 1. The minimum atomic E-state index is -3.23. The number of H-pyrrole nitrogens is 1. The summed E-state index contributed by atoms with van der Waals surface area (Å²) >= 11 is 0. The van der Waals surface area contributed by atoms with Crippen molar-refractivity contribution in [2.24, 2.45) is 28.2 Å². The van der Waals surface area contributed by atoms with Gasteiger partial charge in [-0.2, -0.15) is 0 Å². The fraction of sp³-hybridized carbons (Fsp3) is 0.347. The van der Waals surface area contributed by atoms with Gasteiger partial charge in [0.1, 0.15) is 19.2 Å². The Hall–Kier alpha value is -7.77. The first-order valence-corrected chi connectivity index (χ1v) is 24.4. The average molecular weight is 1030 g/mol. The van der Waals surface area contributed by atoms with Crippen molar-refractivity contribution >= 4 is 55.2 Å². The summed E-state index contributed by atoms with van der Waals surface area (Å²) in [6.07, 6.45) is 5.43. The first-order valence-electron chi connectivity index (χ1n) is 22.7. The maximum Gasteiger partial charge on any atom is 0.332 e. The number of benzene rings is 3. The summed E-state index contributed by atoms with van der Waals surface area (Å²) in [5, 5.41) is 18.5. The number of likely N-dealkylation sites (N-methyl/N-ethyl adjacent to an activating group) is 2. The molecule has 390 valence electrons. The van der Waals surface area contributed by atoms with E-state index < -0.39 is 44.5 Å². The monoisotopic (exact) mass is 1030 g/mol. The van der Waals surface area contributed by atoms with Crippen LogP contribution in [-0.4, -0.2) is 138 Å². The smallest absolute Gasteiger partial charge is 0.332 e. The third kappa shape index (κ3) is 14.4. The molecule has 8 aromatic rings. The van der Waals surface area contributed by atoms with Crippen LogP contribution in [0.25, 0.3) is 33.2 Å². The SMILES string of the molecule is CN(C)CCOC(c1ccccc1)c1ccccc1.CNS(=O)(=O)Cc1ccc2[nH]cc(CCN(C)C)c2c1.Cn1c(=O)c2c(ncn2CC(=O)O)n(C)c1=O.Cn1c(=O)c2c(ncn2CC(=O)O)n(C)c1=O. The molecule has 0 unspecified atom stereocenters. The van der Waals surface area contributed by atoms with Gasteiger partial charge in [-0.25, -0.2) is 32.7 Å². The number of imidazole rings is 2. The minimum Gasteiger partial charge on any atom is -0.480 e. The van der Waals surface area contributed by atoms with Crippen molar-refractivity contribution in [2.75, 3.05) is 54.9 Å². The number of nitrogens with zero attached hydrogens (tertiary/aromatic N) is 10. The van der Waals surface area contributed by atoms with E-state index in [-0.39, 0.29) is 47.3 Å². The maximum atomic E-state index is 11.9. The number of hydrogen-bond acceptors (Lipinski definition) is 13. The summed E-state index contributed by atoms with van der Waals surface area (Å²) in [4.78, 5) is 83.4. The van der Waals surface area contributed by atoms with Crippen LogP contribution in [-0.2, 0) is 77.8 Å². The quantitative estimate of drug-likeness (QED) is 0.107. The Morgan fingerprint density at radius 1 is 0.699 bits per heavy atom. The Labute approximate surface area is 419 Å². The highest BCUT2D eigenvalue weighted by molar-refractivity contribution is 7.88. The molecule has 0 aliphatic heterocycles. The minimum absolute atomic E-state index is 0.0116. The molecule has 0 spiro atoms. The lowest BCUT2D eigenvalue weighted by Crippen LogP contribution is -2.37. The molecular weight excluding hydrogens is 965 g/mol. The zero-order valence-electron chi connectivity index (χ0n) is 42.2. The van der Waals surface area contributed by atoms with Gasteiger partial charge >= 0.3 is 23.3 Å². The van der Waals surface area contributed by atoms with Crippen LogP contribution in [0.5, 0.6) is 0 Å². The molecule has 3 aromatic carbocycles. The molecule has 4 N–H and O–H groups in total. The van der Waals surface area contributed by atoms with Crippen molar-refractivity contribution in [3.05, 3.63) is 162 Å². The molecule has 0 aliphatic carbocycles. The van der Waals surface area contributed by atoms with Crippen LogP contribution in [0.15, 0.2) is 117 Å². The molecule has 5 aromatic heterocycles. The number of sulfonamides is 1. The van der Waals surface area contributed by atoms with Gasteiger partial charge in [-0.15, -0.1) is 0 Å². The predicted octanol–water partition coefficient (Wildman–Crippen LogP) is 1.71. The van der Waals surface area contributed by atoms with Crippen LogP contribution < -0.4 is 27.2 Å². The van der Waals surface area contributed by atoms with Crippen molar-refractivity contribution in [3.63, 3.8) is 0 Å². The molecule has 73 heavy (non-hydrogen) atoms. The van der Waals surface area contributed by atoms with Gasteiger partial charge in [0.05, 0.1) is 25.0 Å². The van der Waals surface area contributed by atoms with E-state index in [1.165, 1.54) is 82.9 Å². The molecule has 0 amide bonds. The van der Waals surface area contributed by atoms with Gasteiger partial charge in [-0.05, 0) is 76.0 Å². The Morgan fingerprint density at radius 3 is 1.59 bits per heavy atom. The van der Waals surface area contributed by atoms with Crippen LogP contribution in [0, 0.1) is 0 Å². The normalized spacial score (nSPS) is 11.4. The van der Waals surface area contributed by atoms with Gasteiger partial charge in [-0.3, -0.25) is 37.4 Å². The van der Waals surface area contributed by atoms with Gasteiger partial charge in [0.15, 0.2) is 22.3 Å². The molecule has 0 atom stereocenters. The fourth-order valence-corrected chi connectivity index (χ4v) is 8.24. The molecule has 5 heterocycles. The van der Waals surface area contributed by atoms with E-state index in [2.05, 4.69) is 92.1 Å². The Kier molecular flexibility index (Phi) is 19.3. The van der Waals surface area contributed by atoms with E-state index in [4.69, 9.17) is 14.9 Å². The average Bonchev–Trinajstić information content (AvgIpc) is 4.10. The predicted molar refractivity (Wildman–Crippen MR) is 277 cm³/mol. The Bertz CT molecular complexity index is 3370. The van der Waals surface area contributed by atoms with Crippen LogP contribution in [0.4, 0.5) is 0 Å². The zero-order chi connectivity index (χ0) is 53.7. The van der Waals surface area contributed by atoms with Gasteiger partial charge in [0, 0.05) is 58.4 Å². The summed E-state index contributed by atoms with van der Waals surface area (Å²) < 4.78 is 38.3. The number of fused-ring (bicyclic) bond motifs is 3. The summed E-state index contributed by atoms with van der Waals surface area (Å²) in [7, 11) is 12.0. The highest BCUT2D eigenvalue weighted by Crippen LogP contribution is 2.26. The van der Waals surface area contributed by atoms with Crippen molar-refractivity contribution in [2.45, 2.75) is 31.4 Å². The molecule has 0 fully saturated rings. The van der Waals surface area contributed by atoms with Crippen LogP contribution in [0.1, 0.15) is 28.4 Å². The molecule has 0 saturated heterocycles. The lowest BCUT2D eigenvalue weighted by molar-refractivity contribution is -0.138. The highest BCUT2D eigenvalue weighted by atomic mass is 32.2. The van der Waals surface area contributed by atoms with E-state index in [0.717, 1.165) is 51.7 Å². The number of carbonyl (C=O) groups is 2. The van der Waals surface area contributed by atoms with E-state index in [1.807, 2.05) is 50.6 Å². The second kappa shape index (κ2) is 25.1. The van der Waals surface area contributed by atoms with E-state index in [0.29, 0.717) is 0 Å². The first kappa shape index (κ1) is 56.1. The zero-order valence-corrected chi connectivity index (χ0v) is 43.0. The molecule has 24 heteroatoms. The summed E-state index contributed by atoms with van der Waals surface area (Å²) in [6.45, 7) is 1.87. The third-order valence-electron chi connectivity index (χ3n) is 11.4. The Morgan fingerprint density at radius 2 is 1.16 bits per heavy atom. The van der Waals surface area contributed by atoms with Crippen LogP contribution in [0.3, 0.4) is 0 Å². The number of aryl methyl sites for hydroxylation is 2. The Balaban J connectivity index is 0.000000181. The molecule has 23 nitrogen and oxygen atoms in total. The van der Waals surface area contributed by atoms with Gasteiger partial charge in [0.25, 0.3) is 11.1 Å². The van der Waals surface area contributed by atoms with Crippen LogP contribution in [0.2, 0.25) is 0 Å². The topological polar surface area (TPSA) is 276 Å². The second-order valence-corrected chi connectivity index (χ2v) is 19.3. The largest absolute Gasteiger partial charge is 0.480 e. The van der Waals surface area contributed by atoms with E-state index >= 15 is 0 Å². The molecule has 0 saturated carbocycles. The molecule has 8 rings (SSSR count). The van der Waals surface area contributed by atoms with Crippen molar-refractivity contribution in [3.8, 4) is 0 Å². The van der Waals surface area contributed by atoms with Crippen molar-refractivity contribution < 1.29 is 33.0 Å².